The maximum atomic E-state index is 13.1. The predicted molar refractivity (Wildman–Crippen MR) is 89.4 cm³/mol. The quantitative estimate of drug-likeness (QED) is 0.616. The Kier molecular flexibility index (Phi) is 6.23. The molecule has 0 spiro atoms. The molecule has 1 aromatic carbocycles. The lowest BCUT2D eigenvalue weighted by Gasteiger charge is -2.22. The molecular formula is C15H22O8S2. The number of rotatable bonds is 7. The van der Waals surface area contributed by atoms with Gasteiger partial charge in [-0.15, -0.1) is 0 Å². The van der Waals surface area contributed by atoms with E-state index in [0.29, 0.717) is 0 Å². The highest BCUT2D eigenvalue weighted by Crippen LogP contribution is 2.33. The molecule has 1 saturated heterocycles. The van der Waals surface area contributed by atoms with Crippen molar-refractivity contribution < 1.29 is 35.2 Å². The van der Waals surface area contributed by atoms with Gasteiger partial charge in [0, 0.05) is 14.2 Å². The van der Waals surface area contributed by atoms with Crippen LogP contribution in [0.15, 0.2) is 29.2 Å². The summed E-state index contributed by atoms with van der Waals surface area (Å²) in [5.41, 5.74) is 0.914. The van der Waals surface area contributed by atoms with E-state index in [2.05, 4.69) is 0 Å². The summed E-state index contributed by atoms with van der Waals surface area (Å²) in [5.74, 6) is 0. The Morgan fingerprint density at radius 1 is 1.04 bits per heavy atom. The molecule has 1 aliphatic rings. The summed E-state index contributed by atoms with van der Waals surface area (Å²) in [7, 11) is -4.94. The Morgan fingerprint density at radius 3 is 2.12 bits per heavy atom. The summed E-state index contributed by atoms with van der Waals surface area (Å²) < 4.78 is 69.4. The summed E-state index contributed by atoms with van der Waals surface area (Å²) in [5, 5.41) is -1.17. The fourth-order valence-electron chi connectivity index (χ4n) is 2.71. The van der Waals surface area contributed by atoms with E-state index in [1.807, 2.05) is 6.92 Å². The van der Waals surface area contributed by atoms with Crippen molar-refractivity contribution in [2.75, 3.05) is 27.1 Å². The van der Waals surface area contributed by atoms with Gasteiger partial charge in [0.15, 0.2) is 16.1 Å². The topological polar surface area (TPSA) is 105 Å². The van der Waals surface area contributed by atoms with Crippen LogP contribution in [0.1, 0.15) is 5.56 Å². The van der Waals surface area contributed by atoms with Crippen LogP contribution in [-0.2, 0) is 38.3 Å². The van der Waals surface area contributed by atoms with Gasteiger partial charge in [-0.2, -0.15) is 8.42 Å². The van der Waals surface area contributed by atoms with Gasteiger partial charge in [0.1, 0.15) is 17.5 Å². The van der Waals surface area contributed by atoms with Crippen LogP contribution in [-0.4, -0.2) is 67.7 Å². The molecule has 1 aliphatic heterocycles. The third kappa shape index (κ3) is 4.57. The molecule has 1 heterocycles. The van der Waals surface area contributed by atoms with E-state index in [-0.39, 0.29) is 4.90 Å². The molecular weight excluding hydrogens is 372 g/mol. The molecule has 2 rings (SSSR count). The van der Waals surface area contributed by atoms with E-state index in [9.17, 15) is 16.8 Å². The molecule has 0 radical (unpaired) electrons. The van der Waals surface area contributed by atoms with Gasteiger partial charge in [0.2, 0.25) is 0 Å². The van der Waals surface area contributed by atoms with Gasteiger partial charge >= 0.3 is 0 Å². The van der Waals surface area contributed by atoms with E-state index in [4.69, 9.17) is 18.4 Å². The maximum absolute atomic E-state index is 13.1. The van der Waals surface area contributed by atoms with Crippen molar-refractivity contribution in [3.8, 4) is 0 Å². The van der Waals surface area contributed by atoms with E-state index in [1.54, 1.807) is 12.1 Å². The van der Waals surface area contributed by atoms with Crippen LogP contribution < -0.4 is 0 Å². The van der Waals surface area contributed by atoms with Gasteiger partial charge in [-0.05, 0) is 19.1 Å². The number of hydrogen-bond donors (Lipinski definition) is 0. The molecule has 0 amide bonds. The second-order valence-electron chi connectivity index (χ2n) is 5.79. The van der Waals surface area contributed by atoms with Gasteiger partial charge in [0.25, 0.3) is 10.1 Å². The van der Waals surface area contributed by atoms with Crippen molar-refractivity contribution in [2.24, 2.45) is 0 Å². The fraction of sp³-hybridized carbons (Fsp3) is 0.600. The first-order valence-corrected chi connectivity index (χ1v) is 10.8. The molecule has 1 fully saturated rings. The lowest BCUT2D eigenvalue weighted by Crippen LogP contribution is -2.43. The second kappa shape index (κ2) is 7.68. The van der Waals surface area contributed by atoms with Gasteiger partial charge in [0.05, 0.1) is 17.8 Å². The second-order valence-corrected chi connectivity index (χ2v) is 9.54. The van der Waals surface area contributed by atoms with Crippen LogP contribution >= 0.6 is 0 Å². The first-order valence-electron chi connectivity index (χ1n) is 7.46. The van der Waals surface area contributed by atoms with E-state index < -0.39 is 50.3 Å². The minimum Gasteiger partial charge on any atom is -0.375 e. The fourth-order valence-corrected chi connectivity index (χ4v) is 5.06. The molecule has 0 saturated carbocycles. The molecule has 1 aromatic rings. The third-order valence-corrected chi connectivity index (χ3v) is 6.71. The standard InChI is InChI=1S/C15H22O8S2/c1-10-5-7-11(8-6-10)25(18,19)14-12(9-22-24(4,16)17)23-15(21-3)13(14)20-2/h5-8,12-15H,9H2,1-4H3/t12-,13+,14-,15+/m1/s1. The average molecular weight is 394 g/mol. The monoisotopic (exact) mass is 394 g/mol. The Bertz CT molecular complexity index is 785. The lowest BCUT2D eigenvalue weighted by atomic mass is 10.2. The zero-order valence-corrected chi connectivity index (χ0v) is 16.0. The molecule has 0 bridgehead atoms. The summed E-state index contributed by atoms with van der Waals surface area (Å²) in [6.45, 7) is 1.39. The minimum absolute atomic E-state index is 0.0925. The highest BCUT2D eigenvalue weighted by Gasteiger charge is 2.53. The highest BCUT2D eigenvalue weighted by molar-refractivity contribution is 7.92. The molecule has 0 unspecified atom stereocenters. The van der Waals surface area contributed by atoms with Crippen LogP contribution in [0, 0.1) is 6.92 Å². The summed E-state index contributed by atoms with van der Waals surface area (Å²) in [6, 6.07) is 6.35. The number of methoxy groups -OCH3 is 2. The SMILES string of the molecule is CO[C@H]1O[C@H](COS(C)(=O)=O)[C@@H](S(=O)(=O)c2ccc(C)cc2)[C@@H]1OC. The first kappa shape index (κ1) is 20.3. The summed E-state index contributed by atoms with van der Waals surface area (Å²) >= 11 is 0. The van der Waals surface area contributed by atoms with Crippen LogP contribution in [0.4, 0.5) is 0 Å². The van der Waals surface area contributed by atoms with Crippen molar-refractivity contribution >= 4 is 20.0 Å². The smallest absolute Gasteiger partial charge is 0.264 e. The van der Waals surface area contributed by atoms with Crippen molar-refractivity contribution in [2.45, 2.75) is 35.6 Å². The largest absolute Gasteiger partial charge is 0.375 e. The minimum atomic E-state index is -3.88. The average Bonchev–Trinajstić information content (AvgIpc) is 2.91. The molecule has 0 aromatic heterocycles. The van der Waals surface area contributed by atoms with E-state index in [0.717, 1.165) is 11.8 Å². The third-order valence-electron chi connectivity index (χ3n) is 3.93. The van der Waals surface area contributed by atoms with Crippen molar-refractivity contribution in [1.82, 2.24) is 0 Å². The Balaban J connectivity index is 2.40. The van der Waals surface area contributed by atoms with Crippen LogP contribution in [0.3, 0.4) is 0 Å². The number of benzene rings is 1. The van der Waals surface area contributed by atoms with Gasteiger partial charge in [-0.25, -0.2) is 8.42 Å². The molecule has 25 heavy (non-hydrogen) atoms. The maximum Gasteiger partial charge on any atom is 0.264 e. The number of sulfone groups is 1. The lowest BCUT2D eigenvalue weighted by molar-refractivity contribution is -0.157. The van der Waals surface area contributed by atoms with Crippen LogP contribution in [0.5, 0.6) is 0 Å². The molecule has 10 heteroatoms. The molecule has 0 aliphatic carbocycles. The summed E-state index contributed by atoms with van der Waals surface area (Å²) in [6.07, 6.45) is -2.06. The van der Waals surface area contributed by atoms with Crippen LogP contribution in [0.2, 0.25) is 0 Å². The normalized spacial score (nSPS) is 27.5. The molecule has 8 nitrogen and oxygen atoms in total. The number of hydrogen-bond acceptors (Lipinski definition) is 8. The Labute approximate surface area is 148 Å². The van der Waals surface area contributed by atoms with Crippen molar-refractivity contribution in [3.05, 3.63) is 29.8 Å². The Hall–Kier alpha value is -1.04. The van der Waals surface area contributed by atoms with Crippen molar-refractivity contribution in [3.63, 3.8) is 0 Å². The van der Waals surface area contributed by atoms with Crippen LogP contribution in [0.25, 0.3) is 0 Å². The number of aryl methyl sites for hydroxylation is 1. The van der Waals surface area contributed by atoms with Gasteiger partial charge in [-0.3, -0.25) is 4.18 Å². The molecule has 4 atom stereocenters. The predicted octanol–water partition coefficient (Wildman–Crippen LogP) is 0.500. The van der Waals surface area contributed by atoms with E-state index in [1.165, 1.54) is 26.4 Å². The number of ether oxygens (including phenoxy) is 3. The molecule has 0 N–H and O–H groups in total. The summed E-state index contributed by atoms with van der Waals surface area (Å²) in [4.78, 5) is 0.0925. The zero-order chi connectivity index (χ0) is 18.8. The van der Waals surface area contributed by atoms with Crippen molar-refractivity contribution in [1.29, 1.82) is 0 Å². The highest BCUT2D eigenvalue weighted by atomic mass is 32.2. The Morgan fingerprint density at radius 2 is 1.64 bits per heavy atom. The zero-order valence-electron chi connectivity index (χ0n) is 14.4. The van der Waals surface area contributed by atoms with E-state index >= 15 is 0 Å². The van der Waals surface area contributed by atoms with Gasteiger partial charge in [-0.1, -0.05) is 17.7 Å². The molecule has 142 valence electrons. The first-order chi connectivity index (χ1) is 11.6. The van der Waals surface area contributed by atoms with Gasteiger partial charge < -0.3 is 14.2 Å².